The number of hydrogen-bond acceptors (Lipinski definition) is 3. The second kappa shape index (κ2) is 14.2. The van der Waals surface area contributed by atoms with Crippen molar-refractivity contribution in [3.63, 3.8) is 0 Å². The van der Waals surface area contributed by atoms with Crippen molar-refractivity contribution in [1.29, 1.82) is 0 Å². The number of aliphatic imine (C=N–C) groups is 1. The molecule has 0 heterocycles. The van der Waals surface area contributed by atoms with Gasteiger partial charge >= 0.3 is 0 Å². The summed E-state index contributed by atoms with van der Waals surface area (Å²) >= 11 is 0. The van der Waals surface area contributed by atoms with E-state index in [4.69, 9.17) is 14.5 Å². The molecular formula is C22H38IN3O2. The Balaban J connectivity index is 0.00000392. The van der Waals surface area contributed by atoms with E-state index >= 15 is 0 Å². The Bertz CT molecular complexity index is 550. The smallest absolute Gasteiger partial charge is 0.191 e. The van der Waals surface area contributed by atoms with Crippen LogP contribution in [0.15, 0.2) is 35.3 Å². The molecule has 1 fully saturated rings. The van der Waals surface area contributed by atoms with Gasteiger partial charge in [0.1, 0.15) is 0 Å². The van der Waals surface area contributed by atoms with E-state index in [1.54, 1.807) is 7.11 Å². The molecule has 0 saturated heterocycles. The van der Waals surface area contributed by atoms with Crippen LogP contribution < -0.4 is 10.6 Å². The summed E-state index contributed by atoms with van der Waals surface area (Å²) in [5.74, 6) is 1.33. The van der Waals surface area contributed by atoms with E-state index in [-0.39, 0.29) is 24.0 Å². The van der Waals surface area contributed by atoms with Crippen molar-refractivity contribution >= 4 is 29.9 Å². The highest BCUT2D eigenvalue weighted by Gasteiger charge is 2.36. The number of ether oxygens (including phenoxy) is 2. The lowest BCUT2D eigenvalue weighted by Crippen LogP contribution is -2.42. The van der Waals surface area contributed by atoms with Gasteiger partial charge in [0.05, 0.1) is 13.2 Å². The average molecular weight is 503 g/mol. The highest BCUT2D eigenvalue weighted by Crippen LogP contribution is 2.44. The lowest BCUT2D eigenvalue weighted by molar-refractivity contribution is 0.0778. The fourth-order valence-electron chi connectivity index (χ4n) is 3.35. The molecule has 28 heavy (non-hydrogen) atoms. The van der Waals surface area contributed by atoms with E-state index in [9.17, 15) is 0 Å². The summed E-state index contributed by atoms with van der Waals surface area (Å²) < 4.78 is 11.1. The van der Waals surface area contributed by atoms with Crippen molar-refractivity contribution in [2.75, 3.05) is 40.0 Å². The van der Waals surface area contributed by atoms with Crippen LogP contribution in [0.4, 0.5) is 0 Å². The van der Waals surface area contributed by atoms with E-state index in [0.29, 0.717) is 17.9 Å². The average Bonchev–Trinajstić information content (AvgIpc) is 2.65. The highest BCUT2D eigenvalue weighted by atomic mass is 127. The normalized spacial score (nSPS) is 16.6. The first kappa shape index (κ1) is 25.2. The molecule has 0 aromatic heterocycles. The van der Waals surface area contributed by atoms with E-state index in [0.717, 1.165) is 45.2 Å². The number of halogens is 1. The van der Waals surface area contributed by atoms with Gasteiger partial charge in [-0.1, -0.05) is 43.7 Å². The first-order valence-electron chi connectivity index (χ1n) is 10.3. The van der Waals surface area contributed by atoms with Gasteiger partial charge in [0.25, 0.3) is 0 Å². The maximum Gasteiger partial charge on any atom is 0.191 e. The molecule has 1 aliphatic carbocycles. The zero-order valence-corrected chi connectivity index (χ0v) is 20.0. The van der Waals surface area contributed by atoms with Gasteiger partial charge in [-0.25, -0.2) is 0 Å². The van der Waals surface area contributed by atoms with Gasteiger partial charge in [0, 0.05) is 33.4 Å². The van der Waals surface area contributed by atoms with Crippen LogP contribution in [-0.2, 0) is 16.1 Å². The molecule has 0 radical (unpaired) electrons. The summed E-state index contributed by atoms with van der Waals surface area (Å²) in [6, 6.07) is 10.3. The van der Waals surface area contributed by atoms with Crippen LogP contribution in [0.5, 0.6) is 0 Å². The standard InChI is InChI=1S/C22H37N3O2.HI/c1-4-23-21(25-18-22(11-8-12-22)13-14-26-3)24-15-19(2)16-27-17-20-9-6-5-7-10-20;/h5-7,9-10,19H,4,8,11-18H2,1-3H3,(H2,23,24,25);1H. The van der Waals surface area contributed by atoms with Gasteiger partial charge in [-0.2, -0.15) is 0 Å². The number of benzene rings is 1. The maximum absolute atomic E-state index is 5.84. The van der Waals surface area contributed by atoms with Gasteiger partial charge in [0.15, 0.2) is 5.96 Å². The minimum Gasteiger partial charge on any atom is -0.385 e. The first-order valence-corrected chi connectivity index (χ1v) is 10.3. The second-order valence-electron chi connectivity index (χ2n) is 7.78. The third-order valence-electron chi connectivity index (χ3n) is 5.30. The van der Waals surface area contributed by atoms with Crippen LogP contribution in [0.25, 0.3) is 0 Å². The molecule has 1 aliphatic rings. The Labute approximate surface area is 188 Å². The van der Waals surface area contributed by atoms with Crippen molar-refractivity contribution < 1.29 is 9.47 Å². The van der Waals surface area contributed by atoms with E-state index in [1.807, 2.05) is 18.2 Å². The van der Waals surface area contributed by atoms with Crippen LogP contribution in [0.1, 0.15) is 45.1 Å². The molecule has 0 spiro atoms. The Kier molecular flexibility index (Phi) is 12.7. The largest absolute Gasteiger partial charge is 0.385 e. The molecule has 1 unspecified atom stereocenters. The summed E-state index contributed by atoms with van der Waals surface area (Å²) in [6.45, 7) is 9.14. The lowest BCUT2D eigenvalue weighted by Gasteiger charge is -2.40. The van der Waals surface area contributed by atoms with E-state index in [2.05, 4.69) is 36.6 Å². The summed E-state index contributed by atoms with van der Waals surface area (Å²) in [5, 5.41) is 6.84. The molecule has 6 heteroatoms. The van der Waals surface area contributed by atoms with E-state index in [1.165, 1.54) is 24.8 Å². The molecule has 0 bridgehead atoms. The minimum absolute atomic E-state index is 0. The van der Waals surface area contributed by atoms with Crippen molar-refractivity contribution in [3.05, 3.63) is 35.9 Å². The predicted octanol–water partition coefficient (Wildman–Crippen LogP) is 4.22. The highest BCUT2D eigenvalue weighted by molar-refractivity contribution is 14.0. The number of guanidine groups is 1. The van der Waals surface area contributed by atoms with Crippen molar-refractivity contribution in [2.24, 2.45) is 16.3 Å². The quantitative estimate of drug-likeness (QED) is 0.255. The molecule has 1 aromatic carbocycles. The topological polar surface area (TPSA) is 54.9 Å². The number of methoxy groups -OCH3 is 1. The number of nitrogens with one attached hydrogen (secondary N) is 2. The van der Waals surface area contributed by atoms with Gasteiger partial charge in [-0.15, -0.1) is 24.0 Å². The number of hydrogen-bond donors (Lipinski definition) is 2. The molecule has 5 nitrogen and oxygen atoms in total. The van der Waals surface area contributed by atoms with Crippen LogP contribution >= 0.6 is 24.0 Å². The van der Waals surface area contributed by atoms with Crippen LogP contribution in [0.2, 0.25) is 0 Å². The molecule has 1 atom stereocenters. The first-order chi connectivity index (χ1) is 13.2. The minimum atomic E-state index is 0. The second-order valence-corrected chi connectivity index (χ2v) is 7.78. The van der Waals surface area contributed by atoms with E-state index < -0.39 is 0 Å². The van der Waals surface area contributed by atoms with Gasteiger partial charge in [-0.3, -0.25) is 4.99 Å². The SMILES string of the molecule is CCNC(=NCC1(CCOC)CCC1)NCC(C)COCc1ccccc1.I. The lowest BCUT2D eigenvalue weighted by atomic mass is 9.67. The van der Waals surface area contributed by atoms with Crippen molar-refractivity contribution in [2.45, 2.75) is 46.1 Å². The van der Waals surface area contributed by atoms with Gasteiger partial charge < -0.3 is 20.1 Å². The fraction of sp³-hybridized carbons (Fsp3) is 0.682. The maximum atomic E-state index is 5.84. The molecule has 2 rings (SSSR count). The molecule has 2 N–H and O–H groups in total. The van der Waals surface area contributed by atoms with Crippen LogP contribution in [-0.4, -0.2) is 45.9 Å². The zero-order chi connectivity index (χ0) is 19.4. The molecule has 0 aliphatic heterocycles. The Morgan fingerprint density at radius 1 is 1.21 bits per heavy atom. The monoisotopic (exact) mass is 503 g/mol. The molecule has 1 saturated carbocycles. The van der Waals surface area contributed by atoms with Crippen molar-refractivity contribution in [1.82, 2.24) is 10.6 Å². The summed E-state index contributed by atoms with van der Waals surface area (Å²) in [7, 11) is 1.78. The Morgan fingerprint density at radius 3 is 2.57 bits per heavy atom. The zero-order valence-electron chi connectivity index (χ0n) is 17.7. The number of nitrogens with zero attached hydrogens (tertiary/aromatic N) is 1. The number of rotatable bonds is 12. The predicted molar refractivity (Wildman–Crippen MR) is 127 cm³/mol. The van der Waals surface area contributed by atoms with Crippen LogP contribution in [0, 0.1) is 11.3 Å². The Morgan fingerprint density at radius 2 is 1.96 bits per heavy atom. The molecule has 160 valence electrons. The van der Waals surface area contributed by atoms with Gasteiger partial charge in [0.2, 0.25) is 0 Å². The summed E-state index contributed by atoms with van der Waals surface area (Å²) in [6.07, 6.45) is 4.96. The third kappa shape index (κ3) is 9.09. The summed E-state index contributed by atoms with van der Waals surface area (Å²) in [4.78, 5) is 4.86. The fourth-order valence-corrected chi connectivity index (χ4v) is 3.35. The van der Waals surface area contributed by atoms with Crippen molar-refractivity contribution in [3.8, 4) is 0 Å². The third-order valence-corrected chi connectivity index (χ3v) is 5.30. The molecule has 0 amide bonds. The Hall–Kier alpha value is -0.860. The van der Waals surface area contributed by atoms with Crippen LogP contribution in [0.3, 0.4) is 0 Å². The molecular weight excluding hydrogens is 465 g/mol. The summed E-state index contributed by atoms with van der Waals surface area (Å²) in [5.41, 5.74) is 1.57. The molecule has 1 aromatic rings. The van der Waals surface area contributed by atoms with Gasteiger partial charge in [-0.05, 0) is 43.1 Å².